The van der Waals surface area contributed by atoms with Crippen molar-refractivity contribution >= 4 is 22.4 Å². The van der Waals surface area contributed by atoms with Gasteiger partial charge < -0.3 is 9.64 Å². The van der Waals surface area contributed by atoms with Gasteiger partial charge in [0, 0.05) is 38.8 Å². The highest BCUT2D eigenvalue weighted by atomic mass is 35.5. The second kappa shape index (κ2) is 8.15. The molecule has 0 aliphatic carbocycles. The predicted molar refractivity (Wildman–Crippen MR) is 90.3 cm³/mol. The molecule has 0 bridgehead atoms. The molecular formula is C15H25ClN2O3S. The zero-order valence-electron chi connectivity index (χ0n) is 13.4. The normalized spacial score (nSPS) is 17.3. The number of benzene rings is 1. The fraction of sp³-hybridized carbons (Fsp3) is 0.600. The van der Waals surface area contributed by atoms with Crippen molar-refractivity contribution in [3.05, 3.63) is 24.3 Å². The van der Waals surface area contributed by atoms with Crippen molar-refractivity contribution in [2.24, 2.45) is 5.92 Å². The van der Waals surface area contributed by atoms with E-state index >= 15 is 0 Å². The first-order valence-corrected chi connectivity index (χ1v) is 8.74. The minimum absolute atomic E-state index is 0. The lowest BCUT2D eigenvalue weighted by molar-refractivity contribution is 0.172. The van der Waals surface area contributed by atoms with Crippen molar-refractivity contribution < 1.29 is 13.2 Å². The molecule has 0 spiro atoms. The minimum atomic E-state index is -3.42. The summed E-state index contributed by atoms with van der Waals surface area (Å²) in [5.74, 6) is 1.17. The Balaban J connectivity index is 0.00000242. The largest absolute Gasteiger partial charge is 0.497 e. The Kier molecular flexibility index (Phi) is 7.12. The quantitative estimate of drug-likeness (QED) is 0.817. The highest BCUT2D eigenvalue weighted by molar-refractivity contribution is 7.89. The van der Waals surface area contributed by atoms with Crippen LogP contribution in [0.25, 0.3) is 0 Å². The predicted octanol–water partition coefficient (Wildman–Crippen LogP) is 2.08. The summed E-state index contributed by atoms with van der Waals surface area (Å²) in [5.41, 5.74) is 0. The average Bonchev–Trinajstić information content (AvgIpc) is 2.47. The maximum absolute atomic E-state index is 12.6. The van der Waals surface area contributed by atoms with Gasteiger partial charge in [0.2, 0.25) is 10.0 Å². The van der Waals surface area contributed by atoms with Crippen LogP contribution in [0.5, 0.6) is 5.75 Å². The van der Waals surface area contributed by atoms with E-state index in [-0.39, 0.29) is 12.4 Å². The molecule has 5 nitrogen and oxygen atoms in total. The monoisotopic (exact) mass is 348 g/mol. The van der Waals surface area contributed by atoms with Gasteiger partial charge in [-0.1, -0.05) is 19.9 Å². The Morgan fingerprint density at radius 2 is 1.82 bits per heavy atom. The second-order valence-electron chi connectivity index (χ2n) is 5.78. The summed E-state index contributed by atoms with van der Waals surface area (Å²) in [6.45, 7) is 8.06. The summed E-state index contributed by atoms with van der Waals surface area (Å²) < 4.78 is 31.9. The number of nitrogens with zero attached hydrogens (tertiary/aromatic N) is 2. The number of rotatable bonds is 5. The van der Waals surface area contributed by atoms with Crippen LogP contribution in [0.3, 0.4) is 0 Å². The molecule has 22 heavy (non-hydrogen) atoms. The average molecular weight is 349 g/mol. The molecule has 1 aliphatic rings. The highest BCUT2D eigenvalue weighted by Gasteiger charge is 2.28. The molecular weight excluding hydrogens is 324 g/mol. The summed E-state index contributed by atoms with van der Waals surface area (Å²) in [5, 5.41) is 0. The SMILES string of the molecule is COc1cccc(S(=O)(=O)N2CCN(CC(C)C)CC2)c1.Cl. The smallest absolute Gasteiger partial charge is 0.243 e. The van der Waals surface area contributed by atoms with Crippen LogP contribution >= 0.6 is 12.4 Å². The molecule has 0 radical (unpaired) electrons. The number of hydrogen-bond donors (Lipinski definition) is 0. The first-order valence-electron chi connectivity index (χ1n) is 7.30. The number of ether oxygens (including phenoxy) is 1. The zero-order valence-corrected chi connectivity index (χ0v) is 15.0. The summed E-state index contributed by atoms with van der Waals surface area (Å²) in [6.07, 6.45) is 0. The van der Waals surface area contributed by atoms with Crippen LogP contribution in [0.1, 0.15) is 13.8 Å². The summed E-state index contributed by atoms with van der Waals surface area (Å²) >= 11 is 0. The van der Waals surface area contributed by atoms with Gasteiger partial charge in [-0.2, -0.15) is 4.31 Å². The molecule has 1 aromatic carbocycles. The van der Waals surface area contributed by atoms with Crippen molar-refractivity contribution in [1.29, 1.82) is 0 Å². The lowest BCUT2D eigenvalue weighted by Gasteiger charge is -2.34. The topological polar surface area (TPSA) is 49.9 Å². The lowest BCUT2D eigenvalue weighted by atomic mass is 10.2. The van der Waals surface area contributed by atoms with Crippen LogP contribution < -0.4 is 4.74 Å². The van der Waals surface area contributed by atoms with Gasteiger partial charge in [0.15, 0.2) is 0 Å². The maximum Gasteiger partial charge on any atom is 0.243 e. The third-order valence-corrected chi connectivity index (χ3v) is 5.53. The number of methoxy groups -OCH3 is 1. The van der Waals surface area contributed by atoms with Gasteiger partial charge in [0.1, 0.15) is 5.75 Å². The van der Waals surface area contributed by atoms with Crippen molar-refractivity contribution in [3.63, 3.8) is 0 Å². The van der Waals surface area contributed by atoms with E-state index in [9.17, 15) is 8.42 Å². The fourth-order valence-corrected chi connectivity index (χ4v) is 4.04. The fourth-order valence-electron chi connectivity index (χ4n) is 2.58. The Hall–Kier alpha value is -0.820. The van der Waals surface area contributed by atoms with Gasteiger partial charge in [0.05, 0.1) is 12.0 Å². The van der Waals surface area contributed by atoms with Gasteiger partial charge in [-0.25, -0.2) is 8.42 Å². The standard InChI is InChI=1S/C15H24N2O3S.ClH/c1-13(2)12-16-7-9-17(10-8-16)21(18,19)15-6-4-5-14(11-15)20-3;/h4-6,11,13H,7-10,12H2,1-3H3;1H. The third-order valence-electron chi connectivity index (χ3n) is 3.63. The van der Waals surface area contributed by atoms with Crippen molar-refractivity contribution in [1.82, 2.24) is 9.21 Å². The van der Waals surface area contributed by atoms with Crippen molar-refractivity contribution in [2.45, 2.75) is 18.7 Å². The first kappa shape index (κ1) is 19.2. The molecule has 1 aromatic rings. The van der Waals surface area contributed by atoms with Gasteiger partial charge in [-0.15, -0.1) is 12.4 Å². The lowest BCUT2D eigenvalue weighted by Crippen LogP contribution is -2.49. The highest BCUT2D eigenvalue weighted by Crippen LogP contribution is 2.22. The molecule has 0 unspecified atom stereocenters. The molecule has 0 atom stereocenters. The molecule has 0 aromatic heterocycles. The van der Waals surface area contributed by atoms with Crippen LogP contribution in [0.15, 0.2) is 29.2 Å². The van der Waals surface area contributed by atoms with E-state index in [1.807, 2.05) is 0 Å². The van der Waals surface area contributed by atoms with Crippen LogP contribution in [0.4, 0.5) is 0 Å². The maximum atomic E-state index is 12.6. The van der Waals surface area contributed by atoms with E-state index in [0.717, 1.165) is 19.6 Å². The molecule has 0 saturated carbocycles. The van der Waals surface area contributed by atoms with Crippen LogP contribution in [-0.2, 0) is 10.0 Å². The van der Waals surface area contributed by atoms with E-state index in [1.165, 1.54) is 7.11 Å². The molecule has 1 saturated heterocycles. The Bertz CT molecular complexity index is 570. The zero-order chi connectivity index (χ0) is 15.5. The molecule has 126 valence electrons. The van der Waals surface area contributed by atoms with Crippen LogP contribution in [-0.4, -0.2) is 57.5 Å². The Morgan fingerprint density at radius 1 is 1.18 bits per heavy atom. The molecule has 7 heteroatoms. The van der Waals surface area contributed by atoms with Gasteiger partial charge in [0.25, 0.3) is 0 Å². The van der Waals surface area contributed by atoms with E-state index in [4.69, 9.17) is 4.74 Å². The molecule has 1 heterocycles. The number of hydrogen-bond acceptors (Lipinski definition) is 4. The Morgan fingerprint density at radius 3 is 2.36 bits per heavy atom. The minimum Gasteiger partial charge on any atom is -0.497 e. The van der Waals surface area contributed by atoms with Crippen molar-refractivity contribution in [2.75, 3.05) is 39.8 Å². The van der Waals surface area contributed by atoms with Crippen LogP contribution in [0.2, 0.25) is 0 Å². The number of sulfonamides is 1. The van der Waals surface area contributed by atoms with Crippen LogP contribution in [0, 0.1) is 5.92 Å². The Labute approximate surface area is 139 Å². The molecule has 2 rings (SSSR count). The second-order valence-corrected chi connectivity index (χ2v) is 7.72. The van der Waals surface area contributed by atoms with E-state index in [2.05, 4.69) is 18.7 Å². The molecule has 0 N–H and O–H groups in total. The summed E-state index contributed by atoms with van der Waals surface area (Å²) in [6, 6.07) is 6.66. The third kappa shape index (κ3) is 4.59. The number of halogens is 1. The van der Waals surface area contributed by atoms with Crippen molar-refractivity contribution in [3.8, 4) is 5.75 Å². The first-order chi connectivity index (χ1) is 9.93. The van der Waals surface area contributed by atoms with E-state index < -0.39 is 10.0 Å². The van der Waals surface area contributed by atoms with Gasteiger partial charge in [-0.3, -0.25) is 0 Å². The molecule has 1 fully saturated rings. The van der Waals surface area contributed by atoms with E-state index in [0.29, 0.717) is 29.7 Å². The molecule has 0 amide bonds. The summed E-state index contributed by atoms with van der Waals surface area (Å²) in [4.78, 5) is 2.63. The molecule has 1 aliphatic heterocycles. The van der Waals surface area contributed by atoms with E-state index in [1.54, 1.807) is 28.6 Å². The van der Waals surface area contributed by atoms with Gasteiger partial charge in [-0.05, 0) is 18.1 Å². The number of piperazine rings is 1. The summed E-state index contributed by atoms with van der Waals surface area (Å²) in [7, 11) is -1.88. The van der Waals surface area contributed by atoms with Gasteiger partial charge >= 0.3 is 0 Å².